The summed E-state index contributed by atoms with van der Waals surface area (Å²) in [4.78, 5) is 11.5. The van der Waals surface area contributed by atoms with Gasteiger partial charge >= 0.3 is 5.97 Å². The number of carbonyl (C=O) groups is 1. The maximum atomic E-state index is 13.5. The third-order valence-corrected chi connectivity index (χ3v) is 12.0. The lowest BCUT2D eigenvalue weighted by atomic mass is 9.42. The van der Waals surface area contributed by atoms with Gasteiger partial charge in [-0.25, -0.2) is 9.18 Å². The van der Waals surface area contributed by atoms with Gasteiger partial charge in [0, 0.05) is 0 Å². The second-order valence-electron chi connectivity index (χ2n) is 13.3. The van der Waals surface area contributed by atoms with Crippen molar-refractivity contribution in [3.05, 3.63) is 35.1 Å². The van der Waals surface area contributed by atoms with Crippen molar-refractivity contribution in [2.75, 3.05) is 0 Å². The Labute approximate surface area is 212 Å². The number of unbranched alkanes of at least 4 members (excludes halogenated alkanes) is 1. The van der Waals surface area contributed by atoms with E-state index in [4.69, 9.17) is 0 Å². The van der Waals surface area contributed by atoms with Crippen molar-refractivity contribution in [3.8, 4) is 0 Å². The molecule has 4 aliphatic carbocycles. The Kier molecular flexibility index (Phi) is 7.09. The number of benzene rings is 1. The van der Waals surface area contributed by atoms with Gasteiger partial charge in [-0.15, -0.1) is 0 Å². The molecule has 0 radical (unpaired) electrons. The lowest BCUT2D eigenvalue weighted by Crippen LogP contribution is -2.55. The number of halogens is 1. The molecule has 0 heterocycles. The molecule has 4 aliphatic rings. The van der Waals surface area contributed by atoms with Crippen molar-refractivity contribution in [2.24, 2.45) is 46.3 Å². The van der Waals surface area contributed by atoms with E-state index in [1.165, 1.54) is 82.8 Å². The number of rotatable bonds is 7. The smallest absolute Gasteiger partial charge is 0.336 e. The number of carboxylic acid groups (broad SMARTS) is 1. The molecule has 1 aromatic carbocycles. The molecule has 3 heteroatoms. The molecule has 5 rings (SSSR count). The average molecular weight is 483 g/mol. The average Bonchev–Trinajstić information content (AvgIpc) is 3.18. The van der Waals surface area contributed by atoms with Crippen LogP contribution in [0.3, 0.4) is 0 Å². The van der Waals surface area contributed by atoms with Gasteiger partial charge in [-0.2, -0.15) is 0 Å². The van der Waals surface area contributed by atoms with Gasteiger partial charge in [0.1, 0.15) is 5.82 Å². The van der Waals surface area contributed by atoms with Crippen LogP contribution in [0.2, 0.25) is 0 Å². The standard InChI is InChI=1S/C32H47FO2/c1-4-21-19-26-28-15-13-23(10-6-5-9-22-12-14-24(33)20-25(22)30(34)35)31(28,2)18-16-29(26)32(3)17-8-7-11-27(21)32/h12,14,20-21,23,26-29H,4-11,13,15-19H2,1-3H3,(H,34,35)/t21-,23-,26?,27?,28?,29-,31?,32?/m0/s1. The van der Waals surface area contributed by atoms with Gasteiger partial charge in [0.05, 0.1) is 5.56 Å². The van der Waals surface area contributed by atoms with Gasteiger partial charge in [-0.1, -0.05) is 52.5 Å². The van der Waals surface area contributed by atoms with Crippen molar-refractivity contribution in [3.63, 3.8) is 0 Å². The summed E-state index contributed by atoms with van der Waals surface area (Å²) in [7, 11) is 0. The van der Waals surface area contributed by atoms with Crippen LogP contribution in [0.5, 0.6) is 0 Å². The first-order chi connectivity index (χ1) is 16.8. The first kappa shape index (κ1) is 25.3. The van der Waals surface area contributed by atoms with Crippen LogP contribution in [0.25, 0.3) is 0 Å². The summed E-state index contributed by atoms with van der Waals surface area (Å²) in [6.45, 7) is 7.80. The number of aromatic carboxylic acids is 1. The zero-order valence-corrected chi connectivity index (χ0v) is 22.3. The van der Waals surface area contributed by atoms with E-state index in [0.29, 0.717) is 10.8 Å². The topological polar surface area (TPSA) is 37.3 Å². The van der Waals surface area contributed by atoms with Crippen LogP contribution in [-0.2, 0) is 6.42 Å². The Morgan fingerprint density at radius 1 is 1.00 bits per heavy atom. The largest absolute Gasteiger partial charge is 0.478 e. The quantitative estimate of drug-likeness (QED) is 0.394. The Hall–Kier alpha value is -1.38. The van der Waals surface area contributed by atoms with E-state index in [1.54, 1.807) is 6.07 Å². The highest BCUT2D eigenvalue weighted by Crippen LogP contribution is 2.69. The minimum Gasteiger partial charge on any atom is -0.478 e. The molecule has 194 valence electrons. The molecule has 0 amide bonds. The molecule has 0 aromatic heterocycles. The van der Waals surface area contributed by atoms with Gasteiger partial charge in [0.2, 0.25) is 0 Å². The minimum absolute atomic E-state index is 0.133. The number of hydrogen-bond acceptors (Lipinski definition) is 1. The zero-order valence-electron chi connectivity index (χ0n) is 22.3. The van der Waals surface area contributed by atoms with E-state index < -0.39 is 11.8 Å². The number of carboxylic acids is 1. The highest BCUT2D eigenvalue weighted by atomic mass is 19.1. The molecule has 1 aromatic rings. The van der Waals surface area contributed by atoms with Crippen LogP contribution in [0.15, 0.2) is 18.2 Å². The molecule has 0 aliphatic heterocycles. The van der Waals surface area contributed by atoms with E-state index in [9.17, 15) is 14.3 Å². The fourth-order valence-corrected chi connectivity index (χ4v) is 10.3. The molecule has 4 fully saturated rings. The lowest BCUT2D eigenvalue weighted by molar-refractivity contribution is -0.135. The number of aryl methyl sites for hydroxylation is 1. The van der Waals surface area contributed by atoms with Crippen LogP contribution < -0.4 is 0 Å². The van der Waals surface area contributed by atoms with E-state index in [1.807, 2.05) is 0 Å². The van der Waals surface area contributed by atoms with Crippen LogP contribution in [0.4, 0.5) is 4.39 Å². The summed E-state index contributed by atoms with van der Waals surface area (Å²) in [6, 6.07) is 4.23. The number of fused-ring (bicyclic) bond motifs is 5. The summed E-state index contributed by atoms with van der Waals surface area (Å²) in [6.07, 6.45) is 18.6. The normalized spacial score (nSPS) is 40.6. The van der Waals surface area contributed by atoms with E-state index in [2.05, 4.69) is 20.8 Å². The maximum absolute atomic E-state index is 13.5. The molecular formula is C32H47FO2. The van der Waals surface area contributed by atoms with Crippen molar-refractivity contribution in [1.29, 1.82) is 0 Å². The second-order valence-corrected chi connectivity index (χ2v) is 13.3. The van der Waals surface area contributed by atoms with Gasteiger partial charge in [-0.3, -0.25) is 0 Å². The van der Waals surface area contributed by atoms with E-state index in [-0.39, 0.29) is 5.56 Å². The molecule has 0 spiro atoms. The molecule has 35 heavy (non-hydrogen) atoms. The van der Waals surface area contributed by atoms with Crippen LogP contribution in [-0.4, -0.2) is 11.1 Å². The molecule has 4 saturated carbocycles. The van der Waals surface area contributed by atoms with E-state index in [0.717, 1.165) is 60.3 Å². The summed E-state index contributed by atoms with van der Waals surface area (Å²) in [5, 5.41) is 9.44. The molecule has 5 unspecified atom stereocenters. The van der Waals surface area contributed by atoms with Crippen molar-refractivity contribution < 1.29 is 14.3 Å². The first-order valence-corrected chi connectivity index (χ1v) is 14.8. The fourth-order valence-electron chi connectivity index (χ4n) is 10.3. The predicted molar refractivity (Wildman–Crippen MR) is 140 cm³/mol. The van der Waals surface area contributed by atoms with Gasteiger partial charge < -0.3 is 5.11 Å². The van der Waals surface area contributed by atoms with Crippen molar-refractivity contribution in [1.82, 2.24) is 0 Å². The minimum atomic E-state index is -1.02. The molecule has 1 N–H and O–H groups in total. The molecule has 0 saturated heterocycles. The molecule has 8 atom stereocenters. The van der Waals surface area contributed by atoms with E-state index >= 15 is 0 Å². The molecule has 0 bridgehead atoms. The molecular weight excluding hydrogens is 435 g/mol. The third kappa shape index (κ3) is 4.37. The van der Waals surface area contributed by atoms with Gasteiger partial charge in [-0.05, 0) is 128 Å². The summed E-state index contributed by atoms with van der Waals surface area (Å²) in [5.74, 6) is 4.07. The summed E-state index contributed by atoms with van der Waals surface area (Å²) >= 11 is 0. The summed E-state index contributed by atoms with van der Waals surface area (Å²) < 4.78 is 13.5. The van der Waals surface area contributed by atoms with Crippen LogP contribution >= 0.6 is 0 Å². The predicted octanol–water partition coefficient (Wildman–Crippen LogP) is 8.92. The number of hydrogen-bond donors (Lipinski definition) is 1. The monoisotopic (exact) mass is 482 g/mol. The Balaban J connectivity index is 1.23. The zero-order chi connectivity index (χ0) is 24.8. The lowest BCUT2D eigenvalue weighted by Gasteiger charge is -2.62. The van der Waals surface area contributed by atoms with Crippen LogP contribution in [0.1, 0.15) is 120 Å². The SMILES string of the molecule is CC[C@H]1CC2C3CC[C@H](CCCCc4ccc(F)cc4C(=O)O)C3(C)CC[C@@H]2C2(C)CCCCC12. The Morgan fingerprint density at radius 3 is 2.57 bits per heavy atom. The second kappa shape index (κ2) is 9.82. The Bertz CT molecular complexity index is 926. The highest BCUT2D eigenvalue weighted by molar-refractivity contribution is 5.89. The highest BCUT2D eigenvalue weighted by Gasteiger charge is 2.60. The van der Waals surface area contributed by atoms with Crippen molar-refractivity contribution in [2.45, 2.75) is 111 Å². The first-order valence-electron chi connectivity index (χ1n) is 14.8. The Morgan fingerprint density at radius 2 is 1.80 bits per heavy atom. The molecule has 2 nitrogen and oxygen atoms in total. The fraction of sp³-hybridized carbons (Fsp3) is 0.781. The van der Waals surface area contributed by atoms with Gasteiger partial charge in [0.25, 0.3) is 0 Å². The van der Waals surface area contributed by atoms with Crippen LogP contribution in [0, 0.1) is 52.2 Å². The van der Waals surface area contributed by atoms with Crippen molar-refractivity contribution >= 4 is 5.97 Å². The summed E-state index contributed by atoms with van der Waals surface area (Å²) in [5.41, 5.74) is 2.00. The van der Waals surface area contributed by atoms with Gasteiger partial charge in [0.15, 0.2) is 0 Å². The maximum Gasteiger partial charge on any atom is 0.336 e. The third-order valence-electron chi connectivity index (χ3n) is 12.0.